The van der Waals surface area contributed by atoms with E-state index in [4.69, 9.17) is 11.6 Å². The number of halogens is 1. The lowest BCUT2D eigenvalue weighted by molar-refractivity contribution is -0.121. The lowest BCUT2D eigenvalue weighted by atomic mass is 9.97. The number of nitrogens with one attached hydrogen (secondary N) is 1. The van der Waals surface area contributed by atoms with E-state index in [1.807, 2.05) is 24.3 Å². The third-order valence-corrected chi connectivity index (χ3v) is 4.56. The van der Waals surface area contributed by atoms with Crippen LogP contribution in [0.25, 0.3) is 0 Å². The Morgan fingerprint density at radius 3 is 2.80 bits per heavy atom. The van der Waals surface area contributed by atoms with Crippen molar-refractivity contribution in [2.45, 2.75) is 32.1 Å². The molecule has 0 aliphatic heterocycles. The summed E-state index contributed by atoms with van der Waals surface area (Å²) in [7, 11) is 0. The first-order chi connectivity index (χ1) is 9.70. The summed E-state index contributed by atoms with van der Waals surface area (Å²) < 4.78 is 0. The maximum atomic E-state index is 11.9. The maximum absolute atomic E-state index is 11.9. The summed E-state index contributed by atoms with van der Waals surface area (Å²) in [6, 6.07) is 7.62. The molecule has 0 heterocycles. The second kappa shape index (κ2) is 7.65. The Labute approximate surface area is 125 Å². The second-order valence-electron chi connectivity index (χ2n) is 5.53. The number of benzene rings is 1. The van der Waals surface area contributed by atoms with Gasteiger partial charge in [-0.15, -0.1) is 0 Å². The van der Waals surface area contributed by atoms with E-state index in [2.05, 4.69) is 5.32 Å². The summed E-state index contributed by atoms with van der Waals surface area (Å²) in [4.78, 5) is 11.9. The van der Waals surface area contributed by atoms with Crippen LogP contribution in [0, 0.1) is 11.8 Å². The first-order valence-electron chi connectivity index (χ1n) is 7.31. The zero-order valence-corrected chi connectivity index (χ0v) is 12.4. The van der Waals surface area contributed by atoms with Gasteiger partial charge in [0.1, 0.15) is 0 Å². The van der Waals surface area contributed by atoms with Crippen LogP contribution in [0.3, 0.4) is 0 Å². The van der Waals surface area contributed by atoms with Gasteiger partial charge < -0.3 is 10.4 Å². The highest BCUT2D eigenvalue weighted by Crippen LogP contribution is 2.30. The van der Waals surface area contributed by atoms with Gasteiger partial charge in [0, 0.05) is 24.6 Å². The van der Waals surface area contributed by atoms with E-state index in [1.165, 1.54) is 0 Å². The molecule has 0 spiro atoms. The van der Waals surface area contributed by atoms with Crippen molar-refractivity contribution >= 4 is 17.5 Å². The molecule has 0 radical (unpaired) electrons. The average molecular weight is 296 g/mol. The number of carbonyl (C=O) groups is 1. The molecule has 110 valence electrons. The molecule has 4 heteroatoms. The zero-order chi connectivity index (χ0) is 14.4. The Kier molecular flexibility index (Phi) is 5.86. The van der Waals surface area contributed by atoms with E-state index in [9.17, 15) is 9.90 Å². The van der Waals surface area contributed by atoms with Crippen LogP contribution in [0.15, 0.2) is 24.3 Å². The van der Waals surface area contributed by atoms with Gasteiger partial charge in [-0.05, 0) is 42.7 Å². The quantitative estimate of drug-likeness (QED) is 0.848. The predicted molar refractivity (Wildman–Crippen MR) is 80.7 cm³/mol. The maximum Gasteiger partial charge on any atom is 0.220 e. The van der Waals surface area contributed by atoms with Crippen molar-refractivity contribution in [1.29, 1.82) is 0 Å². The van der Waals surface area contributed by atoms with Gasteiger partial charge in [-0.3, -0.25) is 4.79 Å². The average Bonchev–Trinajstić information content (AvgIpc) is 2.91. The van der Waals surface area contributed by atoms with Crippen molar-refractivity contribution in [3.05, 3.63) is 34.9 Å². The molecule has 1 fully saturated rings. The lowest BCUT2D eigenvalue weighted by Crippen LogP contribution is -2.31. The van der Waals surface area contributed by atoms with Crippen LogP contribution >= 0.6 is 11.6 Å². The minimum Gasteiger partial charge on any atom is -0.396 e. The molecule has 1 aliphatic carbocycles. The van der Waals surface area contributed by atoms with Crippen LogP contribution in [0.4, 0.5) is 0 Å². The summed E-state index contributed by atoms with van der Waals surface area (Å²) in [5.41, 5.74) is 1.01. The number of amides is 1. The van der Waals surface area contributed by atoms with Crippen molar-refractivity contribution < 1.29 is 9.90 Å². The minimum absolute atomic E-state index is 0.0634. The minimum atomic E-state index is 0.0634. The molecule has 1 aliphatic rings. The Hall–Kier alpha value is -1.06. The topological polar surface area (TPSA) is 49.3 Å². The van der Waals surface area contributed by atoms with Gasteiger partial charge in [0.05, 0.1) is 0 Å². The molecule has 2 rings (SSSR count). The van der Waals surface area contributed by atoms with E-state index in [0.29, 0.717) is 31.2 Å². The highest BCUT2D eigenvalue weighted by atomic mass is 35.5. The van der Waals surface area contributed by atoms with Gasteiger partial charge in [0.2, 0.25) is 5.91 Å². The Morgan fingerprint density at radius 1 is 1.30 bits per heavy atom. The smallest absolute Gasteiger partial charge is 0.220 e. The van der Waals surface area contributed by atoms with Gasteiger partial charge in [-0.2, -0.15) is 0 Å². The Morgan fingerprint density at radius 2 is 2.05 bits per heavy atom. The molecule has 0 aromatic heterocycles. The predicted octanol–water partition coefficient (Wildman–Crippen LogP) is 2.80. The van der Waals surface area contributed by atoms with Crippen LogP contribution < -0.4 is 5.32 Å². The van der Waals surface area contributed by atoms with Gasteiger partial charge in [-0.1, -0.05) is 36.2 Å². The highest BCUT2D eigenvalue weighted by molar-refractivity contribution is 6.31. The fourth-order valence-corrected chi connectivity index (χ4v) is 3.14. The fraction of sp³-hybridized carbons (Fsp3) is 0.562. The molecule has 2 N–H and O–H groups in total. The normalized spacial score (nSPS) is 21.9. The molecule has 1 saturated carbocycles. The standard InChI is InChI=1S/C16H22ClNO2/c17-15-7-2-1-4-12(15)8-9-16(20)18-10-13-5-3-6-14(13)11-19/h1-2,4,7,13-14,19H,3,5-6,8-11H2,(H,18,20). The van der Waals surface area contributed by atoms with Crippen LogP contribution in [0.2, 0.25) is 5.02 Å². The molecule has 0 bridgehead atoms. The van der Waals surface area contributed by atoms with E-state index in [0.717, 1.165) is 29.8 Å². The van der Waals surface area contributed by atoms with Crippen LogP contribution in [0.1, 0.15) is 31.2 Å². The molecule has 1 aromatic carbocycles. The van der Waals surface area contributed by atoms with Crippen molar-refractivity contribution in [3.8, 4) is 0 Å². The summed E-state index contributed by atoms with van der Waals surface area (Å²) in [6.07, 6.45) is 4.47. The number of aliphatic hydroxyl groups excluding tert-OH is 1. The summed E-state index contributed by atoms with van der Waals surface area (Å²) in [6.45, 7) is 0.923. The van der Waals surface area contributed by atoms with Crippen molar-refractivity contribution in [2.75, 3.05) is 13.2 Å². The first kappa shape index (κ1) is 15.3. The fourth-order valence-electron chi connectivity index (χ4n) is 2.91. The third kappa shape index (κ3) is 4.22. The Balaban J connectivity index is 1.72. The third-order valence-electron chi connectivity index (χ3n) is 4.19. The molecule has 1 aromatic rings. The largest absolute Gasteiger partial charge is 0.396 e. The molecule has 2 unspecified atom stereocenters. The van der Waals surface area contributed by atoms with E-state index >= 15 is 0 Å². The lowest BCUT2D eigenvalue weighted by Gasteiger charge is -2.17. The first-order valence-corrected chi connectivity index (χ1v) is 7.69. The van der Waals surface area contributed by atoms with Gasteiger partial charge in [-0.25, -0.2) is 0 Å². The number of aryl methyl sites for hydroxylation is 1. The van der Waals surface area contributed by atoms with Gasteiger partial charge in [0.15, 0.2) is 0 Å². The SMILES string of the molecule is O=C(CCc1ccccc1Cl)NCC1CCCC1CO. The van der Waals surface area contributed by atoms with E-state index in [-0.39, 0.29) is 12.5 Å². The van der Waals surface area contributed by atoms with Crippen molar-refractivity contribution in [1.82, 2.24) is 5.32 Å². The van der Waals surface area contributed by atoms with Gasteiger partial charge in [0.25, 0.3) is 0 Å². The molecule has 1 amide bonds. The molecule has 0 saturated heterocycles. The molecule has 2 atom stereocenters. The number of rotatable bonds is 6. The van der Waals surface area contributed by atoms with Crippen molar-refractivity contribution in [3.63, 3.8) is 0 Å². The van der Waals surface area contributed by atoms with Gasteiger partial charge >= 0.3 is 0 Å². The van der Waals surface area contributed by atoms with Crippen molar-refractivity contribution in [2.24, 2.45) is 11.8 Å². The Bertz CT molecular complexity index is 450. The zero-order valence-electron chi connectivity index (χ0n) is 11.6. The monoisotopic (exact) mass is 295 g/mol. The molecule has 20 heavy (non-hydrogen) atoms. The highest BCUT2D eigenvalue weighted by Gasteiger charge is 2.26. The molecular weight excluding hydrogens is 274 g/mol. The summed E-state index contributed by atoms with van der Waals surface area (Å²) in [5, 5.41) is 13.0. The van der Waals surface area contributed by atoms with E-state index < -0.39 is 0 Å². The van der Waals surface area contributed by atoms with Crippen LogP contribution in [-0.2, 0) is 11.2 Å². The number of carbonyl (C=O) groups excluding carboxylic acids is 1. The van der Waals surface area contributed by atoms with E-state index in [1.54, 1.807) is 0 Å². The second-order valence-corrected chi connectivity index (χ2v) is 5.94. The molecular formula is C16H22ClNO2. The summed E-state index contributed by atoms with van der Waals surface area (Å²) in [5.74, 6) is 0.858. The summed E-state index contributed by atoms with van der Waals surface area (Å²) >= 11 is 6.07. The number of hydrogen-bond acceptors (Lipinski definition) is 2. The van der Waals surface area contributed by atoms with Crippen LogP contribution in [-0.4, -0.2) is 24.2 Å². The number of hydrogen-bond donors (Lipinski definition) is 2. The van der Waals surface area contributed by atoms with Crippen LogP contribution in [0.5, 0.6) is 0 Å². The molecule has 3 nitrogen and oxygen atoms in total. The number of aliphatic hydroxyl groups is 1.